The Morgan fingerprint density at radius 2 is 1.89 bits per heavy atom. The van der Waals surface area contributed by atoms with Gasteiger partial charge in [-0.3, -0.25) is 4.90 Å². The van der Waals surface area contributed by atoms with E-state index in [2.05, 4.69) is 41.4 Å². The van der Waals surface area contributed by atoms with Crippen LogP contribution in [0.2, 0.25) is 0 Å². The Hall–Kier alpha value is -0.550. The predicted octanol–water partition coefficient (Wildman–Crippen LogP) is 2.01. The molecule has 1 aliphatic rings. The van der Waals surface area contributed by atoms with Gasteiger partial charge < -0.3 is 10.1 Å². The van der Waals surface area contributed by atoms with Gasteiger partial charge in [-0.25, -0.2) is 0 Å². The molecule has 0 aliphatic carbocycles. The van der Waals surface area contributed by atoms with Gasteiger partial charge in [0.05, 0.1) is 13.2 Å². The van der Waals surface area contributed by atoms with Gasteiger partial charge in [-0.2, -0.15) is 0 Å². The molecule has 1 N–H and O–H groups in total. The third kappa shape index (κ3) is 5.95. The van der Waals surface area contributed by atoms with Gasteiger partial charge in [-0.15, -0.1) is 11.8 Å². The fourth-order valence-electron chi connectivity index (χ4n) is 2.06. The number of hydrogen-bond donors (Lipinski definition) is 1. The zero-order valence-electron chi connectivity index (χ0n) is 11.7. The van der Waals surface area contributed by atoms with E-state index in [0.29, 0.717) is 0 Å². The van der Waals surface area contributed by atoms with Crippen molar-refractivity contribution in [1.82, 2.24) is 10.2 Å². The minimum atomic E-state index is 0.892. The van der Waals surface area contributed by atoms with Crippen LogP contribution in [-0.4, -0.2) is 56.6 Å². The van der Waals surface area contributed by atoms with Crippen LogP contribution in [0.1, 0.15) is 5.56 Å². The highest BCUT2D eigenvalue weighted by Gasteiger charge is 2.08. The highest BCUT2D eigenvalue weighted by Crippen LogP contribution is 2.17. The van der Waals surface area contributed by atoms with E-state index in [1.165, 1.54) is 10.5 Å². The number of thioether (sulfide) groups is 1. The first-order valence-electron chi connectivity index (χ1n) is 7.05. The molecule has 2 rings (SSSR count). The average Bonchev–Trinajstić information content (AvgIpc) is 2.46. The van der Waals surface area contributed by atoms with Gasteiger partial charge in [0.1, 0.15) is 0 Å². The first kappa shape index (κ1) is 14.9. The molecule has 0 bridgehead atoms. The van der Waals surface area contributed by atoms with Gasteiger partial charge >= 0.3 is 0 Å². The van der Waals surface area contributed by atoms with Crippen molar-refractivity contribution < 1.29 is 4.74 Å². The molecule has 3 nitrogen and oxygen atoms in total. The Morgan fingerprint density at radius 1 is 1.16 bits per heavy atom. The molecule has 19 heavy (non-hydrogen) atoms. The second kappa shape index (κ2) is 8.59. The quantitative estimate of drug-likeness (QED) is 0.610. The number of morpholine rings is 1. The molecule has 0 aromatic heterocycles. The van der Waals surface area contributed by atoms with Crippen molar-refractivity contribution in [2.24, 2.45) is 0 Å². The molecule has 0 unspecified atom stereocenters. The second-order valence-corrected chi connectivity index (χ2v) is 6.03. The lowest BCUT2D eigenvalue weighted by Gasteiger charge is -2.26. The van der Waals surface area contributed by atoms with Gasteiger partial charge in [-0.05, 0) is 19.1 Å². The molecule has 1 aliphatic heterocycles. The largest absolute Gasteiger partial charge is 0.379 e. The van der Waals surface area contributed by atoms with Crippen LogP contribution in [0.3, 0.4) is 0 Å². The van der Waals surface area contributed by atoms with E-state index in [9.17, 15) is 0 Å². The maximum absolute atomic E-state index is 5.34. The molecular formula is C15H24N2OS. The van der Waals surface area contributed by atoms with Crippen LogP contribution >= 0.6 is 11.8 Å². The Balaban J connectivity index is 1.49. The number of rotatable bonds is 7. The van der Waals surface area contributed by atoms with E-state index >= 15 is 0 Å². The molecule has 0 amide bonds. The zero-order chi connectivity index (χ0) is 13.3. The molecule has 4 heteroatoms. The van der Waals surface area contributed by atoms with Crippen LogP contribution in [0.25, 0.3) is 0 Å². The van der Waals surface area contributed by atoms with E-state index in [1.807, 2.05) is 11.8 Å². The van der Waals surface area contributed by atoms with Gasteiger partial charge in [0.15, 0.2) is 0 Å². The van der Waals surface area contributed by atoms with Crippen molar-refractivity contribution >= 4 is 11.8 Å². The number of nitrogens with zero attached hydrogens (tertiary/aromatic N) is 1. The molecular weight excluding hydrogens is 256 g/mol. The smallest absolute Gasteiger partial charge is 0.0594 e. The lowest BCUT2D eigenvalue weighted by Crippen LogP contribution is -2.40. The second-order valence-electron chi connectivity index (χ2n) is 4.87. The molecule has 1 saturated heterocycles. The minimum absolute atomic E-state index is 0.892. The van der Waals surface area contributed by atoms with E-state index in [-0.39, 0.29) is 0 Å². The lowest BCUT2D eigenvalue weighted by molar-refractivity contribution is 0.0385. The van der Waals surface area contributed by atoms with Crippen molar-refractivity contribution in [2.45, 2.75) is 11.8 Å². The molecule has 1 aromatic rings. The normalized spacial score (nSPS) is 16.7. The van der Waals surface area contributed by atoms with Crippen LogP contribution in [0, 0.1) is 6.92 Å². The van der Waals surface area contributed by atoms with Gasteiger partial charge in [0.2, 0.25) is 0 Å². The monoisotopic (exact) mass is 280 g/mol. The van der Waals surface area contributed by atoms with Crippen LogP contribution < -0.4 is 5.32 Å². The number of hydrogen-bond acceptors (Lipinski definition) is 4. The van der Waals surface area contributed by atoms with Crippen LogP contribution in [-0.2, 0) is 4.74 Å². The van der Waals surface area contributed by atoms with Crippen molar-refractivity contribution in [2.75, 3.05) is 51.7 Å². The first-order chi connectivity index (χ1) is 9.34. The van der Waals surface area contributed by atoms with Gasteiger partial charge in [0, 0.05) is 43.4 Å². The summed E-state index contributed by atoms with van der Waals surface area (Å²) in [6.07, 6.45) is 0. The van der Waals surface area contributed by atoms with Crippen LogP contribution in [0.15, 0.2) is 29.2 Å². The molecule has 0 radical (unpaired) electrons. The highest BCUT2D eigenvalue weighted by atomic mass is 32.2. The van der Waals surface area contributed by atoms with Crippen molar-refractivity contribution in [3.05, 3.63) is 29.8 Å². The van der Waals surface area contributed by atoms with Crippen molar-refractivity contribution in [1.29, 1.82) is 0 Å². The number of ether oxygens (including phenoxy) is 1. The third-order valence-electron chi connectivity index (χ3n) is 3.28. The molecule has 0 saturated carbocycles. The van der Waals surface area contributed by atoms with E-state index in [1.54, 1.807) is 0 Å². The topological polar surface area (TPSA) is 24.5 Å². The summed E-state index contributed by atoms with van der Waals surface area (Å²) in [5.74, 6) is 1.13. The summed E-state index contributed by atoms with van der Waals surface area (Å²) in [6, 6.07) is 8.75. The van der Waals surface area contributed by atoms with E-state index in [0.717, 1.165) is 51.7 Å². The minimum Gasteiger partial charge on any atom is -0.379 e. The maximum Gasteiger partial charge on any atom is 0.0594 e. The number of nitrogens with one attached hydrogen (secondary N) is 1. The molecule has 0 atom stereocenters. The zero-order valence-corrected chi connectivity index (χ0v) is 12.5. The fraction of sp³-hybridized carbons (Fsp3) is 0.600. The SMILES string of the molecule is Cc1ccc(SCCNCCN2CCOCC2)cc1. The standard InChI is InChI=1S/C15H24N2OS/c1-14-2-4-15(5-3-14)19-13-7-16-6-8-17-9-11-18-12-10-17/h2-5,16H,6-13H2,1H3. The Morgan fingerprint density at radius 3 is 2.63 bits per heavy atom. The Kier molecular flexibility index (Phi) is 6.71. The summed E-state index contributed by atoms with van der Waals surface area (Å²) < 4.78 is 5.34. The van der Waals surface area contributed by atoms with E-state index in [4.69, 9.17) is 4.74 Å². The molecule has 0 spiro atoms. The van der Waals surface area contributed by atoms with Gasteiger partial charge in [-0.1, -0.05) is 17.7 Å². The summed E-state index contributed by atoms with van der Waals surface area (Å²) in [5.41, 5.74) is 1.33. The van der Waals surface area contributed by atoms with Crippen molar-refractivity contribution in [3.8, 4) is 0 Å². The lowest BCUT2D eigenvalue weighted by atomic mass is 10.2. The Labute approximate surface area is 120 Å². The summed E-state index contributed by atoms with van der Waals surface area (Å²) in [6.45, 7) is 9.36. The van der Waals surface area contributed by atoms with Gasteiger partial charge in [0.25, 0.3) is 0 Å². The van der Waals surface area contributed by atoms with E-state index < -0.39 is 0 Å². The third-order valence-corrected chi connectivity index (χ3v) is 4.29. The summed E-state index contributed by atoms with van der Waals surface area (Å²) in [7, 11) is 0. The fourth-order valence-corrected chi connectivity index (χ4v) is 2.87. The van der Waals surface area contributed by atoms with Crippen LogP contribution in [0.4, 0.5) is 0 Å². The molecule has 1 heterocycles. The Bertz CT molecular complexity index is 350. The molecule has 106 valence electrons. The summed E-state index contributed by atoms with van der Waals surface area (Å²) in [5, 5.41) is 3.51. The summed E-state index contributed by atoms with van der Waals surface area (Å²) >= 11 is 1.92. The predicted molar refractivity (Wildman–Crippen MR) is 82.0 cm³/mol. The highest BCUT2D eigenvalue weighted by molar-refractivity contribution is 7.99. The molecule has 1 fully saturated rings. The number of benzene rings is 1. The van der Waals surface area contributed by atoms with Crippen molar-refractivity contribution in [3.63, 3.8) is 0 Å². The maximum atomic E-state index is 5.34. The van der Waals surface area contributed by atoms with Crippen LogP contribution in [0.5, 0.6) is 0 Å². The number of aryl methyl sites for hydroxylation is 1. The average molecular weight is 280 g/mol. The summed E-state index contributed by atoms with van der Waals surface area (Å²) in [4.78, 5) is 3.82. The first-order valence-corrected chi connectivity index (χ1v) is 8.03. The molecule has 1 aromatic carbocycles.